The second-order valence-corrected chi connectivity index (χ2v) is 5.55. The van der Waals surface area contributed by atoms with Gasteiger partial charge in [0.1, 0.15) is 23.6 Å². The van der Waals surface area contributed by atoms with Crippen molar-refractivity contribution in [3.63, 3.8) is 0 Å². The number of rotatable bonds is 2. The summed E-state index contributed by atoms with van der Waals surface area (Å²) in [5, 5.41) is 11.0. The maximum Gasteiger partial charge on any atom is 0.142 e. The quantitative estimate of drug-likeness (QED) is 0.762. The Morgan fingerprint density at radius 1 is 1.18 bits per heavy atom. The molecule has 1 aliphatic rings. The van der Waals surface area contributed by atoms with E-state index in [1.54, 1.807) is 12.1 Å². The van der Waals surface area contributed by atoms with Gasteiger partial charge in [-0.2, -0.15) is 0 Å². The van der Waals surface area contributed by atoms with Crippen molar-refractivity contribution in [2.45, 2.75) is 18.6 Å². The van der Waals surface area contributed by atoms with Crippen LogP contribution in [-0.4, -0.2) is 32.7 Å². The van der Waals surface area contributed by atoms with Gasteiger partial charge in [-0.3, -0.25) is 0 Å². The summed E-state index contributed by atoms with van der Waals surface area (Å²) in [6.07, 6.45) is 3.50. The average Bonchev–Trinajstić information content (AvgIpc) is 3.14. The summed E-state index contributed by atoms with van der Waals surface area (Å²) in [5.74, 6) is 0.529. The van der Waals surface area contributed by atoms with Gasteiger partial charge in [0, 0.05) is 12.7 Å². The van der Waals surface area contributed by atoms with Crippen molar-refractivity contribution < 1.29 is 9.50 Å². The number of nitrogens with one attached hydrogen (secondary N) is 1. The van der Waals surface area contributed by atoms with Gasteiger partial charge in [-0.25, -0.2) is 14.4 Å². The number of aliphatic hydroxyl groups excluding tert-OH is 1. The Kier molecular flexibility index (Phi) is 3.04. The first-order chi connectivity index (χ1) is 10.7. The molecule has 1 aromatic carbocycles. The number of nitrogens with zero attached hydrogens (tertiary/aromatic N) is 3. The fourth-order valence-corrected chi connectivity index (χ4v) is 3.14. The lowest BCUT2D eigenvalue weighted by atomic mass is 10.0. The van der Waals surface area contributed by atoms with Gasteiger partial charge in [-0.1, -0.05) is 12.1 Å². The highest BCUT2D eigenvalue weighted by Crippen LogP contribution is 2.37. The van der Waals surface area contributed by atoms with Crippen molar-refractivity contribution >= 4 is 16.9 Å². The van der Waals surface area contributed by atoms with Crippen molar-refractivity contribution in [1.82, 2.24) is 15.0 Å². The predicted octanol–water partition coefficient (Wildman–Crippen LogP) is 2.41. The molecule has 2 N–H and O–H groups in total. The first-order valence-corrected chi connectivity index (χ1v) is 7.20. The molecule has 22 heavy (non-hydrogen) atoms. The van der Waals surface area contributed by atoms with Crippen LogP contribution in [-0.2, 0) is 0 Å². The molecule has 0 aliphatic carbocycles. The maximum absolute atomic E-state index is 13.1. The van der Waals surface area contributed by atoms with Gasteiger partial charge in [-0.15, -0.1) is 0 Å². The van der Waals surface area contributed by atoms with Gasteiger partial charge in [0.15, 0.2) is 0 Å². The number of aromatic nitrogens is 3. The Labute approximate surface area is 126 Å². The Hall–Kier alpha value is -2.47. The largest absolute Gasteiger partial charge is 0.391 e. The summed E-state index contributed by atoms with van der Waals surface area (Å²) in [5.41, 5.74) is 1.74. The van der Waals surface area contributed by atoms with Crippen LogP contribution in [0.2, 0.25) is 0 Å². The lowest BCUT2D eigenvalue weighted by Gasteiger charge is -2.26. The molecule has 0 unspecified atom stereocenters. The topological polar surface area (TPSA) is 65.0 Å². The second kappa shape index (κ2) is 5.06. The zero-order valence-corrected chi connectivity index (χ0v) is 11.8. The van der Waals surface area contributed by atoms with Crippen LogP contribution in [0.15, 0.2) is 42.9 Å². The molecule has 3 heterocycles. The molecule has 112 valence electrons. The van der Waals surface area contributed by atoms with E-state index in [0.717, 1.165) is 22.4 Å². The first kappa shape index (κ1) is 13.2. The molecular weight excluding hydrogens is 283 g/mol. The van der Waals surface area contributed by atoms with Gasteiger partial charge in [0.25, 0.3) is 0 Å². The lowest BCUT2D eigenvalue weighted by molar-refractivity contribution is 0.194. The Morgan fingerprint density at radius 3 is 2.82 bits per heavy atom. The monoisotopic (exact) mass is 298 g/mol. The molecule has 0 bridgehead atoms. The predicted molar refractivity (Wildman–Crippen MR) is 81.0 cm³/mol. The molecule has 0 spiro atoms. The van der Waals surface area contributed by atoms with E-state index < -0.39 is 6.10 Å². The third-order valence-corrected chi connectivity index (χ3v) is 4.14. The zero-order valence-electron chi connectivity index (χ0n) is 11.8. The van der Waals surface area contributed by atoms with E-state index in [1.807, 2.05) is 12.3 Å². The van der Waals surface area contributed by atoms with E-state index >= 15 is 0 Å². The first-order valence-electron chi connectivity index (χ1n) is 7.20. The number of fused-ring (bicyclic) bond motifs is 1. The average molecular weight is 298 g/mol. The van der Waals surface area contributed by atoms with Crippen molar-refractivity contribution in [3.05, 3.63) is 54.2 Å². The van der Waals surface area contributed by atoms with E-state index in [-0.39, 0.29) is 11.9 Å². The third-order valence-electron chi connectivity index (χ3n) is 4.14. The molecule has 3 aromatic rings. The molecule has 5 nitrogen and oxygen atoms in total. The third kappa shape index (κ3) is 2.12. The molecule has 6 heteroatoms. The molecule has 0 radical (unpaired) electrons. The fourth-order valence-electron chi connectivity index (χ4n) is 3.14. The van der Waals surface area contributed by atoms with Gasteiger partial charge in [0.05, 0.1) is 17.5 Å². The standard InChI is InChI=1S/C16H15FN4O/c17-11-3-1-10(2-4-11)14-7-12(22)8-21(14)16-13-5-6-18-15(13)19-9-20-16/h1-6,9,12,14,22H,7-8H2,(H,18,19,20)/t12-,14+/m1/s1. The van der Waals surface area contributed by atoms with E-state index in [9.17, 15) is 9.50 Å². The Balaban J connectivity index is 1.78. The molecule has 1 fully saturated rings. The van der Waals surface area contributed by atoms with Crippen molar-refractivity contribution in [2.75, 3.05) is 11.4 Å². The van der Waals surface area contributed by atoms with Crippen LogP contribution in [0.1, 0.15) is 18.0 Å². The number of aliphatic hydroxyl groups is 1. The Morgan fingerprint density at radius 2 is 2.00 bits per heavy atom. The van der Waals surface area contributed by atoms with Crippen LogP contribution in [0.4, 0.5) is 10.2 Å². The van der Waals surface area contributed by atoms with Gasteiger partial charge in [-0.05, 0) is 30.2 Å². The molecular formula is C16H15FN4O. The summed E-state index contributed by atoms with van der Waals surface area (Å²) in [6.45, 7) is 0.499. The normalized spacial score (nSPS) is 21.6. The van der Waals surface area contributed by atoms with E-state index in [0.29, 0.717) is 13.0 Å². The number of β-amino-alcohol motifs (C(OH)–C–C–N with tert-alkyl or cyclic N) is 1. The van der Waals surface area contributed by atoms with Gasteiger partial charge < -0.3 is 15.0 Å². The van der Waals surface area contributed by atoms with Gasteiger partial charge in [0.2, 0.25) is 0 Å². The minimum absolute atomic E-state index is 0.0244. The number of anilines is 1. The van der Waals surface area contributed by atoms with Crippen molar-refractivity contribution in [3.8, 4) is 0 Å². The molecule has 2 aromatic heterocycles. The molecule has 0 amide bonds. The number of aromatic amines is 1. The number of halogens is 1. The lowest BCUT2D eigenvalue weighted by Crippen LogP contribution is -2.25. The van der Waals surface area contributed by atoms with Crippen LogP contribution in [0.3, 0.4) is 0 Å². The smallest absolute Gasteiger partial charge is 0.142 e. The van der Waals surface area contributed by atoms with E-state index in [2.05, 4.69) is 19.9 Å². The maximum atomic E-state index is 13.1. The van der Waals surface area contributed by atoms with Crippen molar-refractivity contribution in [2.24, 2.45) is 0 Å². The van der Waals surface area contributed by atoms with Crippen LogP contribution in [0, 0.1) is 5.82 Å². The molecule has 1 saturated heterocycles. The molecule has 1 aliphatic heterocycles. The molecule has 0 saturated carbocycles. The number of hydrogen-bond acceptors (Lipinski definition) is 4. The van der Waals surface area contributed by atoms with Crippen LogP contribution >= 0.6 is 0 Å². The summed E-state index contributed by atoms with van der Waals surface area (Å²) < 4.78 is 13.1. The molecule has 2 atom stereocenters. The van der Waals surface area contributed by atoms with Gasteiger partial charge >= 0.3 is 0 Å². The number of hydrogen-bond donors (Lipinski definition) is 2. The summed E-state index contributed by atoms with van der Waals surface area (Å²) >= 11 is 0. The van der Waals surface area contributed by atoms with Crippen LogP contribution < -0.4 is 4.90 Å². The summed E-state index contributed by atoms with van der Waals surface area (Å²) in [4.78, 5) is 13.7. The minimum Gasteiger partial charge on any atom is -0.391 e. The van der Waals surface area contributed by atoms with Crippen LogP contribution in [0.25, 0.3) is 11.0 Å². The highest BCUT2D eigenvalue weighted by molar-refractivity contribution is 5.87. The highest BCUT2D eigenvalue weighted by Gasteiger charge is 2.34. The SMILES string of the molecule is O[C@@H]1C[C@@H](c2ccc(F)cc2)N(c2ncnc3[nH]ccc23)C1. The van der Waals surface area contributed by atoms with E-state index in [4.69, 9.17) is 0 Å². The number of benzene rings is 1. The van der Waals surface area contributed by atoms with Crippen molar-refractivity contribution in [1.29, 1.82) is 0 Å². The van der Waals surface area contributed by atoms with Crippen LogP contribution in [0.5, 0.6) is 0 Å². The Bertz CT molecular complexity index is 801. The zero-order chi connectivity index (χ0) is 15.1. The highest BCUT2D eigenvalue weighted by atomic mass is 19.1. The minimum atomic E-state index is -0.431. The fraction of sp³-hybridized carbons (Fsp3) is 0.250. The molecule has 4 rings (SSSR count). The second-order valence-electron chi connectivity index (χ2n) is 5.55. The summed E-state index contributed by atoms with van der Waals surface area (Å²) in [6, 6.07) is 8.33. The number of H-pyrrole nitrogens is 1. The van der Waals surface area contributed by atoms with E-state index in [1.165, 1.54) is 18.5 Å². The summed E-state index contributed by atoms with van der Waals surface area (Å²) in [7, 11) is 0.